The Hall–Kier alpha value is -1.36. The first-order valence-electron chi connectivity index (χ1n) is 6.22. The Bertz CT molecular complexity index is 360. The zero-order valence-electron chi connectivity index (χ0n) is 10.6. The Morgan fingerprint density at radius 2 is 2.00 bits per heavy atom. The van der Waals surface area contributed by atoms with Gasteiger partial charge in [-0.25, -0.2) is 15.8 Å². The maximum absolute atomic E-state index is 5.36. The van der Waals surface area contributed by atoms with E-state index in [-0.39, 0.29) is 0 Å². The minimum Gasteiger partial charge on any atom is -0.357 e. The van der Waals surface area contributed by atoms with Gasteiger partial charge in [0.05, 0.1) is 0 Å². The van der Waals surface area contributed by atoms with E-state index in [2.05, 4.69) is 34.3 Å². The fraction of sp³-hybridized carbons (Fsp3) is 0.667. The molecule has 0 radical (unpaired) electrons. The summed E-state index contributed by atoms with van der Waals surface area (Å²) in [7, 11) is 2.10. The SMILES string of the molecule is CC1CCC(N(C)c2cc(NN)ncn2)CC1. The highest BCUT2D eigenvalue weighted by Gasteiger charge is 2.22. The molecule has 5 nitrogen and oxygen atoms in total. The van der Waals surface area contributed by atoms with Crippen LogP contribution in [0.25, 0.3) is 0 Å². The molecule has 5 heteroatoms. The van der Waals surface area contributed by atoms with Crippen LogP contribution < -0.4 is 16.2 Å². The van der Waals surface area contributed by atoms with Crippen molar-refractivity contribution < 1.29 is 0 Å². The monoisotopic (exact) mass is 235 g/mol. The predicted octanol–water partition coefficient (Wildman–Crippen LogP) is 1.78. The summed E-state index contributed by atoms with van der Waals surface area (Å²) in [6.07, 6.45) is 6.65. The van der Waals surface area contributed by atoms with Crippen LogP contribution in [0, 0.1) is 5.92 Å². The van der Waals surface area contributed by atoms with E-state index in [1.165, 1.54) is 25.7 Å². The molecule has 1 aromatic rings. The van der Waals surface area contributed by atoms with E-state index in [0.717, 1.165) is 11.7 Å². The smallest absolute Gasteiger partial charge is 0.145 e. The number of hydrogen-bond donors (Lipinski definition) is 2. The van der Waals surface area contributed by atoms with Crippen LogP contribution >= 0.6 is 0 Å². The lowest BCUT2D eigenvalue weighted by molar-refractivity contribution is 0.340. The Morgan fingerprint density at radius 1 is 1.29 bits per heavy atom. The van der Waals surface area contributed by atoms with E-state index in [0.29, 0.717) is 11.9 Å². The van der Waals surface area contributed by atoms with Crippen molar-refractivity contribution in [2.45, 2.75) is 38.6 Å². The van der Waals surface area contributed by atoms with Crippen LogP contribution in [0.1, 0.15) is 32.6 Å². The van der Waals surface area contributed by atoms with Gasteiger partial charge in [-0.15, -0.1) is 0 Å². The van der Waals surface area contributed by atoms with E-state index in [4.69, 9.17) is 5.84 Å². The van der Waals surface area contributed by atoms with Crippen LogP contribution in [0.3, 0.4) is 0 Å². The van der Waals surface area contributed by atoms with E-state index in [9.17, 15) is 0 Å². The molecule has 1 saturated carbocycles. The number of aromatic nitrogens is 2. The van der Waals surface area contributed by atoms with Gasteiger partial charge in [-0.1, -0.05) is 6.92 Å². The largest absolute Gasteiger partial charge is 0.357 e. The van der Waals surface area contributed by atoms with Gasteiger partial charge in [0.2, 0.25) is 0 Å². The summed E-state index contributed by atoms with van der Waals surface area (Å²) in [5.41, 5.74) is 2.55. The Labute approximate surface area is 102 Å². The molecule has 1 aromatic heterocycles. The summed E-state index contributed by atoms with van der Waals surface area (Å²) in [5.74, 6) is 7.82. The predicted molar refractivity (Wildman–Crippen MR) is 69.7 cm³/mol. The molecule has 0 amide bonds. The van der Waals surface area contributed by atoms with Crippen molar-refractivity contribution in [1.29, 1.82) is 0 Å². The van der Waals surface area contributed by atoms with E-state index in [1.54, 1.807) is 6.33 Å². The van der Waals surface area contributed by atoms with E-state index < -0.39 is 0 Å². The lowest BCUT2D eigenvalue weighted by Crippen LogP contribution is -2.35. The second kappa shape index (κ2) is 5.31. The van der Waals surface area contributed by atoms with Gasteiger partial charge >= 0.3 is 0 Å². The quantitative estimate of drug-likeness (QED) is 0.617. The van der Waals surface area contributed by atoms with Gasteiger partial charge in [-0.2, -0.15) is 0 Å². The Morgan fingerprint density at radius 3 is 2.65 bits per heavy atom. The van der Waals surface area contributed by atoms with Crippen LogP contribution in [-0.4, -0.2) is 23.1 Å². The first-order valence-corrected chi connectivity index (χ1v) is 6.22. The summed E-state index contributed by atoms with van der Waals surface area (Å²) < 4.78 is 0. The van der Waals surface area contributed by atoms with Gasteiger partial charge in [-0.05, 0) is 31.6 Å². The number of anilines is 2. The second-order valence-electron chi connectivity index (χ2n) is 4.93. The van der Waals surface area contributed by atoms with Crippen molar-refractivity contribution in [2.75, 3.05) is 17.4 Å². The molecule has 3 N–H and O–H groups in total. The zero-order chi connectivity index (χ0) is 12.3. The second-order valence-corrected chi connectivity index (χ2v) is 4.93. The van der Waals surface area contributed by atoms with Crippen molar-refractivity contribution in [1.82, 2.24) is 9.97 Å². The van der Waals surface area contributed by atoms with Gasteiger partial charge in [-0.3, -0.25) is 0 Å². The third-order valence-electron chi connectivity index (χ3n) is 3.69. The fourth-order valence-corrected chi connectivity index (χ4v) is 2.44. The highest BCUT2D eigenvalue weighted by atomic mass is 15.3. The summed E-state index contributed by atoms with van der Waals surface area (Å²) in [6.45, 7) is 2.33. The first-order chi connectivity index (χ1) is 8.20. The number of rotatable bonds is 3. The maximum Gasteiger partial charge on any atom is 0.145 e. The van der Waals surface area contributed by atoms with Crippen LogP contribution in [0.2, 0.25) is 0 Å². The number of nitrogens with zero attached hydrogens (tertiary/aromatic N) is 3. The Kier molecular flexibility index (Phi) is 3.78. The third kappa shape index (κ3) is 2.85. The molecule has 0 aromatic carbocycles. The molecule has 1 heterocycles. The summed E-state index contributed by atoms with van der Waals surface area (Å²) >= 11 is 0. The molecule has 0 aliphatic heterocycles. The number of nitrogens with one attached hydrogen (secondary N) is 1. The van der Waals surface area contributed by atoms with Gasteiger partial charge in [0.15, 0.2) is 0 Å². The lowest BCUT2D eigenvalue weighted by atomic mass is 9.87. The average Bonchev–Trinajstić information content (AvgIpc) is 2.39. The molecule has 1 aliphatic rings. The highest BCUT2D eigenvalue weighted by molar-refractivity contribution is 5.47. The van der Waals surface area contributed by atoms with Crippen LogP contribution in [0.4, 0.5) is 11.6 Å². The summed E-state index contributed by atoms with van der Waals surface area (Å²) in [4.78, 5) is 10.6. The zero-order valence-corrected chi connectivity index (χ0v) is 10.6. The maximum atomic E-state index is 5.36. The first kappa shape index (κ1) is 12.1. The molecule has 0 saturated heterocycles. The van der Waals surface area contributed by atoms with E-state index >= 15 is 0 Å². The lowest BCUT2D eigenvalue weighted by Gasteiger charge is -2.34. The fourth-order valence-electron chi connectivity index (χ4n) is 2.44. The van der Waals surface area contributed by atoms with Crippen molar-refractivity contribution in [3.05, 3.63) is 12.4 Å². The van der Waals surface area contributed by atoms with Gasteiger partial charge < -0.3 is 10.3 Å². The van der Waals surface area contributed by atoms with E-state index in [1.807, 2.05) is 6.07 Å². The van der Waals surface area contributed by atoms with Gasteiger partial charge in [0.25, 0.3) is 0 Å². The third-order valence-corrected chi connectivity index (χ3v) is 3.69. The minimum absolute atomic E-state index is 0.590. The molecule has 0 atom stereocenters. The minimum atomic E-state index is 0.590. The molecular weight excluding hydrogens is 214 g/mol. The standard InChI is InChI=1S/C12H21N5/c1-9-3-5-10(6-4-9)17(2)12-7-11(16-13)14-8-15-12/h7-10H,3-6,13H2,1-2H3,(H,14,15,16). The Balaban J connectivity index is 2.05. The van der Waals surface area contributed by atoms with Crippen molar-refractivity contribution >= 4 is 11.6 Å². The molecule has 94 valence electrons. The molecular formula is C12H21N5. The number of nitrogen functional groups attached to an aromatic ring is 1. The van der Waals surface area contributed by atoms with Crippen molar-refractivity contribution in [3.63, 3.8) is 0 Å². The molecule has 1 fully saturated rings. The van der Waals surface area contributed by atoms with Crippen LogP contribution in [-0.2, 0) is 0 Å². The molecule has 2 rings (SSSR count). The normalized spacial score (nSPS) is 24.4. The number of hydrazine groups is 1. The van der Waals surface area contributed by atoms with Gasteiger partial charge in [0, 0.05) is 19.2 Å². The summed E-state index contributed by atoms with van der Waals surface area (Å²) in [6, 6.07) is 2.48. The molecule has 17 heavy (non-hydrogen) atoms. The molecule has 0 bridgehead atoms. The van der Waals surface area contributed by atoms with Gasteiger partial charge in [0.1, 0.15) is 18.0 Å². The van der Waals surface area contributed by atoms with Crippen molar-refractivity contribution in [2.24, 2.45) is 11.8 Å². The van der Waals surface area contributed by atoms with Crippen LogP contribution in [0.5, 0.6) is 0 Å². The molecule has 0 unspecified atom stereocenters. The topological polar surface area (TPSA) is 67.1 Å². The van der Waals surface area contributed by atoms with Crippen LogP contribution in [0.15, 0.2) is 12.4 Å². The number of nitrogens with two attached hydrogens (primary N) is 1. The average molecular weight is 235 g/mol. The highest BCUT2D eigenvalue weighted by Crippen LogP contribution is 2.28. The van der Waals surface area contributed by atoms with Crippen molar-refractivity contribution in [3.8, 4) is 0 Å². The molecule has 0 spiro atoms. The summed E-state index contributed by atoms with van der Waals surface area (Å²) in [5, 5.41) is 0. The molecule has 1 aliphatic carbocycles. The number of hydrogen-bond acceptors (Lipinski definition) is 5.